The summed E-state index contributed by atoms with van der Waals surface area (Å²) >= 11 is 1.56. The highest BCUT2D eigenvalue weighted by molar-refractivity contribution is 7.09. The molecule has 26 heavy (non-hydrogen) atoms. The van der Waals surface area contributed by atoms with Gasteiger partial charge in [0.2, 0.25) is 11.8 Å². The molecule has 2 aromatic rings. The fraction of sp³-hybridized carbons (Fsp3) is 0.450. The summed E-state index contributed by atoms with van der Waals surface area (Å²) < 4.78 is 0. The average molecular weight is 369 g/mol. The van der Waals surface area contributed by atoms with Crippen LogP contribution in [-0.4, -0.2) is 34.3 Å². The van der Waals surface area contributed by atoms with Gasteiger partial charge in [-0.2, -0.15) is 0 Å². The summed E-state index contributed by atoms with van der Waals surface area (Å²) in [5.41, 5.74) is 2.15. The first-order chi connectivity index (χ1) is 12.6. The number of aromatic nitrogens is 1. The maximum absolute atomic E-state index is 13.0. The van der Waals surface area contributed by atoms with Crippen molar-refractivity contribution in [2.45, 2.75) is 51.0 Å². The second-order valence-corrected chi connectivity index (χ2v) is 8.21. The molecular formula is C20H23N3O2S. The molecule has 0 unspecified atom stereocenters. The SMILES string of the molecule is CCC[C@@H]1N(C(=O)Cc2csc(C)n2)CC[C@]12C(=O)Nc1ccccc12. The minimum Gasteiger partial charge on any atom is -0.338 e. The van der Waals surface area contributed by atoms with Crippen LogP contribution in [0.1, 0.15) is 42.5 Å². The van der Waals surface area contributed by atoms with Gasteiger partial charge in [-0.05, 0) is 31.4 Å². The molecule has 3 heterocycles. The van der Waals surface area contributed by atoms with E-state index in [2.05, 4.69) is 17.2 Å². The van der Waals surface area contributed by atoms with E-state index in [0.717, 1.165) is 34.8 Å². The minimum absolute atomic E-state index is 0.0388. The van der Waals surface area contributed by atoms with Gasteiger partial charge in [0, 0.05) is 17.6 Å². The third-order valence-electron chi connectivity index (χ3n) is 5.63. The van der Waals surface area contributed by atoms with E-state index < -0.39 is 5.41 Å². The van der Waals surface area contributed by atoms with Gasteiger partial charge in [-0.25, -0.2) is 4.98 Å². The number of amides is 2. The molecule has 136 valence electrons. The number of benzene rings is 1. The Labute approximate surface area is 157 Å². The van der Waals surface area contributed by atoms with Gasteiger partial charge >= 0.3 is 0 Å². The molecule has 1 aromatic carbocycles. The summed E-state index contributed by atoms with van der Waals surface area (Å²) in [7, 11) is 0. The number of nitrogens with one attached hydrogen (secondary N) is 1. The number of carbonyl (C=O) groups is 2. The second-order valence-electron chi connectivity index (χ2n) is 7.15. The highest BCUT2D eigenvalue weighted by Gasteiger charge is 2.58. The van der Waals surface area contributed by atoms with Crippen molar-refractivity contribution in [2.75, 3.05) is 11.9 Å². The van der Waals surface area contributed by atoms with Gasteiger partial charge in [-0.1, -0.05) is 31.5 Å². The van der Waals surface area contributed by atoms with Crippen LogP contribution in [0.2, 0.25) is 0 Å². The van der Waals surface area contributed by atoms with E-state index in [1.54, 1.807) is 11.3 Å². The van der Waals surface area contributed by atoms with Gasteiger partial charge in [0.25, 0.3) is 0 Å². The Morgan fingerprint density at radius 2 is 2.23 bits per heavy atom. The van der Waals surface area contributed by atoms with Crippen molar-refractivity contribution in [1.82, 2.24) is 9.88 Å². The van der Waals surface area contributed by atoms with Gasteiger partial charge in [-0.15, -0.1) is 11.3 Å². The van der Waals surface area contributed by atoms with Gasteiger partial charge in [-0.3, -0.25) is 9.59 Å². The Balaban J connectivity index is 1.66. The molecule has 4 rings (SSSR count). The number of aryl methyl sites for hydroxylation is 1. The molecule has 1 N–H and O–H groups in total. The molecule has 1 spiro atoms. The van der Waals surface area contributed by atoms with Crippen molar-refractivity contribution in [3.63, 3.8) is 0 Å². The fourth-order valence-electron chi connectivity index (χ4n) is 4.52. The van der Waals surface area contributed by atoms with Crippen LogP contribution in [0, 0.1) is 6.92 Å². The summed E-state index contributed by atoms with van der Waals surface area (Å²) in [6.07, 6.45) is 2.75. The lowest BCUT2D eigenvalue weighted by molar-refractivity contribution is -0.132. The zero-order chi connectivity index (χ0) is 18.3. The number of hydrogen-bond acceptors (Lipinski definition) is 4. The van der Waals surface area contributed by atoms with E-state index in [1.165, 1.54) is 0 Å². The third kappa shape index (κ3) is 2.55. The number of likely N-dealkylation sites (tertiary alicyclic amines) is 1. The molecule has 2 amide bonds. The standard InChI is InChI=1S/C20H23N3O2S/c1-3-6-17-20(15-7-4-5-8-16(15)22-19(20)25)9-10-23(17)18(24)11-14-12-26-13(2)21-14/h4-5,7-8,12,17H,3,6,9-11H2,1-2H3,(H,22,25)/t17-,20+/m0/s1. The summed E-state index contributed by atoms with van der Waals surface area (Å²) in [6, 6.07) is 7.81. The molecule has 0 aliphatic carbocycles. The number of fused-ring (bicyclic) bond motifs is 2. The molecule has 6 heteroatoms. The monoisotopic (exact) mass is 369 g/mol. The van der Waals surface area contributed by atoms with Crippen LogP contribution in [0.3, 0.4) is 0 Å². The lowest BCUT2D eigenvalue weighted by Crippen LogP contribution is -2.49. The molecule has 0 saturated carbocycles. The third-order valence-corrected chi connectivity index (χ3v) is 6.46. The van der Waals surface area contributed by atoms with Crippen molar-refractivity contribution in [2.24, 2.45) is 0 Å². The maximum Gasteiger partial charge on any atom is 0.237 e. The van der Waals surface area contributed by atoms with Crippen LogP contribution in [0.15, 0.2) is 29.6 Å². The van der Waals surface area contributed by atoms with E-state index in [1.807, 2.05) is 41.5 Å². The number of thiazole rings is 1. The van der Waals surface area contributed by atoms with Crippen molar-refractivity contribution in [3.8, 4) is 0 Å². The predicted octanol–water partition coefficient (Wildman–Crippen LogP) is 3.29. The van der Waals surface area contributed by atoms with E-state index in [-0.39, 0.29) is 17.9 Å². The van der Waals surface area contributed by atoms with E-state index in [0.29, 0.717) is 19.4 Å². The molecule has 1 aromatic heterocycles. The zero-order valence-corrected chi connectivity index (χ0v) is 15.9. The second kappa shape index (κ2) is 6.50. The van der Waals surface area contributed by atoms with Gasteiger partial charge in [0.1, 0.15) is 0 Å². The summed E-state index contributed by atoms with van der Waals surface area (Å²) in [5, 5.41) is 5.97. The summed E-state index contributed by atoms with van der Waals surface area (Å²) in [6.45, 7) is 4.68. The van der Waals surface area contributed by atoms with E-state index in [4.69, 9.17) is 0 Å². The lowest BCUT2D eigenvalue weighted by Gasteiger charge is -2.34. The number of carbonyl (C=O) groups excluding carboxylic acids is 2. The molecule has 0 bridgehead atoms. The van der Waals surface area contributed by atoms with E-state index in [9.17, 15) is 9.59 Å². The number of rotatable bonds is 4. The van der Waals surface area contributed by atoms with E-state index >= 15 is 0 Å². The first kappa shape index (κ1) is 17.2. The molecular weight excluding hydrogens is 346 g/mol. The van der Waals surface area contributed by atoms with Crippen LogP contribution in [-0.2, 0) is 21.4 Å². The normalized spacial score (nSPS) is 24.2. The van der Waals surface area contributed by atoms with Crippen molar-refractivity contribution >= 4 is 28.8 Å². The molecule has 0 radical (unpaired) electrons. The Kier molecular flexibility index (Phi) is 4.31. The van der Waals surface area contributed by atoms with Crippen LogP contribution in [0.4, 0.5) is 5.69 Å². The van der Waals surface area contributed by atoms with Crippen molar-refractivity contribution in [1.29, 1.82) is 0 Å². The number of anilines is 1. The van der Waals surface area contributed by atoms with Gasteiger partial charge in [0.15, 0.2) is 0 Å². The largest absolute Gasteiger partial charge is 0.338 e. The number of para-hydroxylation sites is 1. The average Bonchev–Trinajstić information content (AvgIpc) is 3.27. The molecule has 5 nitrogen and oxygen atoms in total. The quantitative estimate of drug-likeness (QED) is 0.900. The molecule has 2 aliphatic heterocycles. The molecule has 1 fully saturated rings. The Morgan fingerprint density at radius 1 is 1.42 bits per heavy atom. The zero-order valence-electron chi connectivity index (χ0n) is 15.1. The van der Waals surface area contributed by atoms with Crippen LogP contribution >= 0.6 is 11.3 Å². The molecule has 2 aliphatic rings. The number of hydrogen-bond donors (Lipinski definition) is 1. The fourth-order valence-corrected chi connectivity index (χ4v) is 5.13. The highest BCUT2D eigenvalue weighted by Crippen LogP contribution is 2.49. The number of nitrogens with zero attached hydrogens (tertiary/aromatic N) is 2. The molecule has 1 saturated heterocycles. The first-order valence-electron chi connectivity index (χ1n) is 9.17. The Morgan fingerprint density at radius 3 is 2.96 bits per heavy atom. The molecule has 2 atom stereocenters. The smallest absolute Gasteiger partial charge is 0.237 e. The Bertz CT molecular complexity index is 862. The van der Waals surface area contributed by atoms with Crippen molar-refractivity contribution < 1.29 is 9.59 Å². The van der Waals surface area contributed by atoms with Crippen LogP contribution < -0.4 is 5.32 Å². The van der Waals surface area contributed by atoms with Crippen LogP contribution in [0.5, 0.6) is 0 Å². The predicted molar refractivity (Wildman–Crippen MR) is 102 cm³/mol. The topological polar surface area (TPSA) is 62.3 Å². The van der Waals surface area contributed by atoms with Gasteiger partial charge in [0.05, 0.1) is 28.6 Å². The Hall–Kier alpha value is -2.21. The summed E-state index contributed by atoms with van der Waals surface area (Å²) in [4.78, 5) is 32.4. The minimum atomic E-state index is -0.611. The van der Waals surface area contributed by atoms with Gasteiger partial charge < -0.3 is 10.2 Å². The van der Waals surface area contributed by atoms with Crippen molar-refractivity contribution in [3.05, 3.63) is 45.9 Å². The highest BCUT2D eigenvalue weighted by atomic mass is 32.1. The van der Waals surface area contributed by atoms with Crippen LogP contribution in [0.25, 0.3) is 0 Å². The summed E-state index contributed by atoms with van der Waals surface area (Å²) in [5.74, 6) is 0.111. The maximum atomic E-state index is 13.0. The first-order valence-corrected chi connectivity index (χ1v) is 10.1. The lowest BCUT2D eigenvalue weighted by atomic mass is 9.73.